The molecule has 1 unspecified atom stereocenters. The van der Waals surface area contributed by atoms with E-state index in [1.165, 1.54) is 0 Å². The van der Waals surface area contributed by atoms with Crippen molar-refractivity contribution < 1.29 is 10.0 Å². The SMILES string of the molecule is OB(O)C1CCCN1. The van der Waals surface area contributed by atoms with Crippen LogP contribution in [-0.2, 0) is 0 Å². The van der Waals surface area contributed by atoms with Crippen molar-refractivity contribution in [2.24, 2.45) is 0 Å². The zero-order valence-corrected chi connectivity index (χ0v) is 4.67. The molecule has 46 valence electrons. The minimum absolute atomic E-state index is 0.0741. The van der Waals surface area contributed by atoms with Gasteiger partial charge in [-0.15, -0.1) is 0 Å². The Balaban J connectivity index is 2.24. The summed E-state index contributed by atoms with van der Waals surface area (Å²) >= 11 is 0. The molecule has 1 heterocycles. The van der Waals surface area contributed by atoms with E-state index < -0.39 is 7.12 Å². The van der Waals surface area contributed by atoms with E-state index in [1.807, 2.05) is 0 Å². The van der Waals surface area contributed by atoms with Crippen molar-refractivity contribution in [3.63, 3.8) is 0 Å². The molecule has 1 fully saturated rings. The molecule has 1 rings (SSSR count). The lowest BCUT2D eigenvalue weighted by atomic mass is 9.79. The van der Waals surface area contributed by atoms with Gasteiger partial charge in [0.2, 0.25) is 0 Å². The largest absolute Gasteiger partial charge is 0.469 e. The molecule has 0 aliphatic carbocycles. The number of nitrogens with one attached hydrogen (secondary N) is 1. The van der Waals surface area contributed by atoms with Crippen molar-refractivity contribution in [2.75, 3.05) is 6.54 Å². The van der Waals surface area contributed by atoms with Crippen LogP contribution in [0.5, 0.6) is 0 Å². The van der Waals surface area contributed by atoms with Crippen LogP contribution in [0.4, 0.5) is 0 Å². The highest BCUT2D eigenvalue weighted by molar-refractivity contribution is 6.43. The van der Waals surface area contributed by atoms with Gasteiger partial charge in [0.25, 0.3) is 0 Å². The molecule has 3 N–H and O–H groups in total. The lowest BCUT2D eigenvalue weighted by molar-refractivity contribution is 0.379. The van der Waals surface area contributed by atoms with Crippen molar-refractivity contribution >= 4 is 7.12 Å². The molecule has 8 heavy (non-hydrogen) atoms. The first-order valence-electron chi connectivity index (χ1n) is 2.90. The molecule has 0 spiro atoms. The molecule has 4 heteroatoms. The van der Waals surface area contributed by atoms with Gasteiger partial charge in [-0.2, -0.15) is 0 Å². The van der Waals surface area contributed by atoms with Gasteiger partial charge in [0.1, 0.15) is 0 Å². The first-order chi connectivity index (χ1) is 3.80. The quantitative estimate of drug-likeness (QED) is 0.374. The van der Waals surface area contributed by atoms with Crippen LogP contribution in [0.25, 0.3) is 0 Å². The van der Waals surface area contributed by atoms with Gasteiger partial charge in [-0.25, -0.2) is 0 Å². The third-order valence-electron chi connectivity index (χ3n) is 1.46. The van der Waals surface area contributed by atoms with E-state index in [-0.39, 0.29) is 5.94 Å². The van der Waals surface area contributed by atoms with Crippen LogP contribution in [-0.4, -0.2) is 29.7 Å². The predicted octanol–water partition coefficient (Wildman–Crippen LogP) is -1.25. The van der Waals surface area contributed by atoms with Gasteiger partial charge < -0.3 is 15.4 Å². The Morgan fingerprint density at radius 3 is 2.50 bits per heavy atom. The van der Waals surface area contributed by atoms with Crippen molar-refractivity contribution in [2.45, 2.75) is 18.8 Å². The zero-order chi connectivity index (χ0) is 5.98. The first kappa shape index (κ1) is 6.07. The van der Waals surface area contributed by atoms with Crippen LogP contribution in [0.15, 0.2) is 0 Å². The first-order valence-corrected chi connectivity index (χ1v) is 2.90. The molecule has 0 bridgehead atoms. The van der Waals surface area contributed by atoms with Crippen LogP contribution in [0.3, 0.4) is 0 Å². The van der Waals surface area contributed by atoms with Crippen molar-refractivity contribution in [3.05, 3.63) is 0 Å². The summed E-state index contributed by atoms with van der Waals surface area (Å²) in [5.74, 6) is -0.0741. The van der Waals surface area contributed by atoms with Crippen molar-refractivity contribution in [3.8, 4) is 0 Å². The number of rotatable bonds is 1. The summed E-state index contributed by atoms with van der Waals surface area (Å²) in [5.41, 5.74) is 0. The van der Waals surface area contributed by atoms with E-state index in [0.29, 0.717) is 0 Å². The highest BCUT2D eigenvalue weighted by Crippen LogP contribution is 2.04. The van der Waals surface area contributed by atoms with Gasteiger partial charge in [0, 0.05) is 5.94 Å². The van der Waals surface area contributed by atoms with Gasteiger partial charge in [-0.3, -0.25) is 0 Å². The summed E-state index contributed by atoms with van der Waals surface area (Å²) in [4.78, 5) is 0. The van der Waals surface area contributed by atoms with Gasteiger partial charge in [-0.05, 0) is 19.4 Å². The fourth-order valence-electron chi connectivity index (χ4n) is 0.966. The molecule has 0 amide bonds. The molecule has 3 nitrogen and oxygen atoms in total. The molecular weight excluding hydrogens is 105 g/mol. The topological polar surface area (TPSA) is 52.5 Å². The lowest BCUT2D eigenvalue weighted by Crippen LogP contribution is -2.38. The fourth-order valence-corrected chi connectivity index (χ4v) is 0.966. The Hall–Kier alpha value is -0.0551. The molecule has 0 radical (unpaired) electrons. The molecule has 0 aromatic carbocycles. The summed E-state index contributed by atoms with van der Waals surface area (Å²) in [5, 5.41) is 20.0. The van der Waals surface area contributed by atoms with Crippen molar-refractivity contribution in [1.29, 1.82) is 0 Å². The summed E-state index contributed by atoms with van der Waals surface area (Å²) in [6.07, 6.45) is 1.94. The molecule has 1 aliphatic heterocycles. The Kier molecular flexibility index (Phi) is 1.88. The summed E-state index contributed by atoms with van der Waals surface area (Å²) in [7, 11) is -1.17. The van der Waals surface area contributed by atoms with Gasteiger partial charge in [0.15, 0.2) is 0 Å². The third-order valence-corrected chi connectivity index (χ3v) is 1.46. The van der Waals surface area contributed by atoms with Crippen LogP contribution in [0.1, 0.15) is 12.8 Å². The van der Waals surface area contributed by atoms with Crippen LogP contribution < -0.4 is 5.32 Å². The molecule has 1 aliphatic rings. The number of hydrogen-bond donors (Lipinski definition) is 3. The summed E-state index contributed by atoms with van der Waals surface area (Å²) in [6, 6.07) is 0. The number of hydrogen-bond acceptors (Lipinski definition) is 3. The summed E-state index contributed by atoms with van der Waals surface area (Å²) in [6.45, 7) is 0.919. The molecule has 1 atom stereocenters. The normalized spacial score (nSPS) is 28.5. The van der Waals surface area contributed by atoms with E-state index in [4.69, 9.17) is 10.0 Å². The second-order valence-corrected chi connectivity index (χ2v) is 2.12. The van der Waals surface area contributed by atoms with Crippen LogP contribution >= 0.6 is 0 Å². The fraction of sp³-hybridized carbons (Fsp3) is 1.00. The molecule has 1 saturated heterocycles. The maximum atomic E-state index is 8.55. The smallest absolute Gasteiger partial charge is 0.426 e. The molecule has 0 saturated carbocycles. The second-order valence-electron chi connectivity index (χ2n) is 2.12. The van der Waals surface area contributed by atoms with E-state index in [0.717, 1.165) is 19.4 Å². The van der Waals surface area contributed by atoms with E-state index in [2.05, 4.69) is 5.32 Å². The second kappa shape index (κ2) is 2.48. The highest BCUT2D eigenvalue weighted by atomic mass is 16.4. The maximum Gasteiger partial charge on any atom is 0.469 e. The van der Waals surface area contributed by atoms with Crippen LogP contribution in [0.2, 0.25) is 0 Å². The minimum atomic E-state index is -1.17. The molecular formula is C4H10BNO2. The van der Waals surface area contributed by atoms with E-state index >= 15 is 0 Å². The zero-order valence-electron chi connectivity index (χ0n) is 4.67. The predicted molar refractivity (Wildman–Crippen MR) is 31.2 cm³/mol. The van der Waals surface area contributed by atoms with Crippen LogP contribution in [0, 0.1) is 0 Å². The maximum absolute atomic E-state index is 8.55. The third kappa shape index (κ3) is 1.21. The average Bonchev–Trinajstić information content (AvgIpc) is 2.12. The minimum Gasteiger partial charge on any atom is -0.426 e. The lowest BCUT2D eigenvalue weighted by Gasteiger charge is -2.05. The monoisotopic (exact) mass is 115 g/mol. The standard InChI is InChI=1S/C4H10BNO2/c7-5(8)4-2-1-3-6-4/h4,6-8H,1-3H2. The molecule has 0 aromatic heterocycles. The van der Waals surface area contributed by atoms with Gasteiger partial charge in [0.05, 0.1) is 0 Å². The van der Waals surface area contributed by atoms with Gasteiger partial charge in [-0.1, -0.05) is 0 Å². The highest BCUT2D eigenvalue weighted by Gasteiger charge is 2.25. The Bertz CT molecular complexity index is 72.4. The summed E-state index contributed by atoms with van der Waals surface area (Å²) < 4.78 is 0. The Morgan fingerprint density at radius 2 is 2.25 bits per heavy atom. The van der Waals surface area contributed by atoms with Crippen molar-refractivity contribution in [1.82, 2.24) is 5.32 Å². The van der Waals surface area contributed by atoms with Gasteiger partial charge >= 0.3 is 7.12 Å². The molecule has 0 aromatic rings. The Labute approximate surface area is 48.9 Å². The average molecular weight is 115 g/mol. The van der Waals surface area contributed by atoms with E-state index in [1.54, 1.807) is 0 Å². The van der Waals surface area contributed by atoms with E-state index in [9.17, 15) is 0 Å². The Morgan fingerprint density at radius 1 is 1.50 bits per heavy atom.